The second-order valence-corrected chi connectivity index (χ2v) is 2.18. The van der Waals surface area contributed by atoms with Gasteiger partial charge in [0.1, 0.15) is 0 Å². The summed E-state index contributed by atoms with van der Waals surface area (Å²) in [5.41, 5.74) is 0. The Morgan fingerprint density at radius 2 is 2.11 bits per heavy atom. The molecule has 1 saturated heterocycles. The maximum Gasteiger partial charge on any atom is 0.0547 e. The molecule has 52 valence electrons. The lowest BCUT2D eigenvalue weighted by molar-refractivity contribution is 0.0285. The van der Waals surface area contributed by atoms with Gasteiger partial charge < -0.3 is 4.74 Å². The minimum Gasteiger partial charge on any atom is -0.379 e. The van der Waals surface area contributed by atoms with E-state index in [0.29, 0.717) is 6.10 Å². The number of nitrogens with zero attached hydrogens (tertiary/aromatic N) is 1. The molecule has 1 unspecified atom stereocenters. The van der Waals surface area contributed by atoms with Crippen molar-refractivity contribution in [2.24, 2.45) is 0 Å². The normalized spacial score (nSPS) is 25.9. The zero-order valence-corrected chi connectivity index (χ0v) is 5.84. The van der Waals surface area contributed by atoms with E-state index in [1.165, 1.54) is 19.3 Å². The van der Waals surface area contributed by atoms with E-state index < -0.39 is 0 Å². The molecule has 0 saturated carbocycles. The van der Waals surface area contributed by atoms with Crippen molar-refractivity contribution in [1.29, 1.82) is 5.26 Å². The fraction of sp³-hybridized carbons (Fsp3) is 0.857. The van der Waals surface area contributed by atoms with Crippen LogP contribution in [0.2, 0.25) is 0 Å². The molecule has 0 N–H and O–H groups in total. The summed E-state index contributed by atoms with van der Waals surface area (Å²) in [6.45, 7) is 6.63. The molecule has 0 amide bonds. The highest BCUT2D eigenvalue weighted by molar-refractivity contribution is 4.55. The SMILES string of the molecule is C#N.CC1CCCCO1. The smallest absolute Gasteiger partial charge is 0.0547 e. The average molecular weight is 127 g/mol. The lowest BCUT2D eigenvalue weighted by Gasteiger charge is -2.17. The highest BCUT2D eigenvalue weighted by Gasteiger charge is 2.05. The zero-order chi connectivity index (χ0) is 7.11. The second-order valence-electron chi connectivity index (χ2n) is 2.18. The van der Waals surface area contributed by atoms with E-state index >= 15 is 0 Å². The van der Waals surface area contributed by atoms with E-state index in [1.54, 1.807) is 0 Å². The maximum absolute atomic E-state index is 6.50. The van der Waals surface area contributed by atoms with Crippen LogP contribution in [-0.4, -0.2) is 12.7 Å². The van der Waals surface area contributed by atoms with Crippen LogP contribution in [0.5, 0.6) is 0 Å². The van der Waals surface area contributed by atoms with Gasteiger partial charge in [-0.25, -0.2) is 5.26 Å². The van der Waals surface area contributed by atoms with Crippen molar-refractivity contribution in [3.8, 4) is 6.57 Å². The summed E-state index contributed by atoms with van der Waals surface area (Å²) in [5, 5.41) is 6.50. The van der Waals surface area contributed by atoms with Crippen molar-refractivity contribution >= 4 is 0 Å². The van der Waals surface area contributed by atoms with Crippen LogP contribution in [0.4, 0.5) is 0 Å². The third-order valence-electron chi connectivity index (χ3n) is 1.41. The Hall–Kier alpha value is -0.550. The summed E-state index contributed by atoms with van der Waals surface area (Å²) in [6.07, 6.45) is 4.43. The summed E-state index contributed by atoms with van der Waals surface area (Å²) < 4.78 is 5.28. The molecule has 2 heteroatoms. The summed E-state index contributed by atoms with van der Waals surface area (Å²) in [6, 6.07) is 0. The number of hydrogen-bond acceptors (Lipinski definition) is 2. The van der Waals surface area contributed by atoms with Gasteiger partial charge >= 0.3 is 0 Å². The first-order valence-electron chi connectivity index (χ1n) is 3.27. The topological polar surface area (TPSA) is 33.0 Å². The molecule has 1 atom stereocenters. The first kappa shape index (κ1) is 8.45. The van der Waals surface area contributed by atoms with Crippen molar-refractivity contribution in [1.82, 2.24) is 0 Å². The average Bonchev–Trinajstić information content (AvgIpc) is 1.94. The van der Waals surface area contributed by atoms with Gasteiger partial charge in [0.05, 0.1) is 6.10 Å². The molecular weight excluding hydrogens is 114 g/mol. The number of rotatable bonds is 0. The number of hydrogen-bond donors (Lipinski definition) is 0. The molecule has 1 aliphatic heterocycles. The minimum atomic E-state index is 0.536. The Balaban J connectivity index is 0.000000291. The van der Waals surface area contributed by atoms with Crippen LogP contribution < -0.4 is 0 Å². The predicted molar refractivity (Wildman–Crippen MR) is 35.9 cm³/mol. The molecule has 1 heterocycles. The van der Waals surface area contributed by atoms with Crippen molar-refractivity contribution in [3.63, 3.8) is 0 Å². The molecule has 0 spiro atoms. The summed E-state index contributed by atoms with van der Waals surface area (Å²) in [4.78, 5) is 0. The Labute approximate surface area is 56.4 Å². The van der Waals surface area contributed by atoms with Crippen LogP contribution in [0.25, 0.3) is 0 Å². The predicted octanol–water partition coefficient (Wildman–Crippen LogP) is 1.72. The Bertz CT molecular complexity index is 74.2. The van der Waals surface area contributed by atoms with E-state index in [1.807, 2.05) is 0 Å². The molecular formula is C7H13NO. The molecule has 1 fully saturated rings. The molecule has 1 aliphatic rings. The fourth-order valence-corrected chi connectivity index (χ4v) is 0.902. The molecule has 2 nitrogen and oxygen atoms in total. The lowest BCUT2D eigenvalue weighted by Crippen LogP contribution is -2.14. The highest BCUT2D eigenvalue weighted by Crippen LogP contribution is 2.10. The van der Waals surface area contributed by atoms with E-state index in [9.17, 15) is 0 Å². The number of nitriles is 1. The molecule has 0 aliphatic carbocycles. The van der Waals surface area contributed by atoms with Gasteiger partial charge in [-0.15, -0.1) is 0 Å². The minimum absolute atomic E-state index is 0.536. The van der Waals surface area contributed by atoms with Crippen LogP contribution in [0.1, 0.15) is 26.2 Å². The third kappa shape index (κ3) is 3.99. The van der Waals surface area contributed by atoms with Crippen LogP contribution >= 0.6 is 0 Å². The van der Waals surface area contributed by atoms with Crippen LogP contribution in [-0.2, 0) is 4.74 Å². The van der Waals surface area contributed by atoms with E-state index in [-0.39, 0.29) is 0 Å². The second kappa shape index (κ2) is 5.58. The standard InChI is InChI=1S/C6H12O.CHN/c1-6-4-2-3-5-7-6;1-2/h6H,2-5H2,1H3;1H. The molecule has 0 bridgehead atoms. The van der Waals surface area contributed by atoms with Crippen LogP contribution in [0.15, 0.2) is 0 Å². The van der Waals surface area contributed by atoms with Gasteiger partial charge in [0.15, 0.2) is 0 Å². The summed E-state index contributed by atoms with van der Waals surface area (Å²) in [5.74, 6) is 0. The van der Waals surface area contributed by atoms with Gasteiger partial charge in [-0.05, 0) is 26.2 Å². The summed E-state index contributed by atoms with van der Waals surface area (Å²) in [7, 11) is 0. The van der Waals surface area contributed by atoms with Crippen molar-refractivity contribution in [3.05, 3.63) is 0 Å². The molecule has 9 heavy (non-hydrogen) atoms. The number of ether oxygens (including phenoxy) is 1. The Kier molecular flexibility index (Phi) is 5.24. The van der Waals surface area contributed by atoms with E-state index in [0.717, 1.165) is 6.61 Å². The largest absolute Gasteiger partial charge is 0.379 e. The van der Waals surface area contributed by atoms with Gasteiger partial charge in [-0.2, -0.15) is 0 Å². The van der Waals surface area contributed by atoms with Gasteiger partial charge in [0, 0.05) is 13.2 Å². The van der Waals surface area contributed by atoms with E-state index in [2.05, 4.69) is 13.5 Å². The molecule has 0 radical (unpaired) electrons. The van der Waals surface area contributed by atoms with Crippen molar-refractivity contribution in [2.45, 2.75) is 32.3 Å². The molecule has 0 aromatic carbocycles. The first-order valence-corrected chi connectivity index (χ1v) is 3.27. The molecule has 1 rings (SSSR count). The van der Waals surface area contributed by atoms with Crippen molar-refractivity contribution in [2.75, 3.05) is 6.61 Å². The lowest BCUT2D eigenvalue weighted by atomic mass is 10.1. The zero-order valence-electron chi connectivity index (χ0n) is 5.84. The van der Waals surface area contributed by atoms with Crippen molar-refractivity contribution < 1.29 is 4.74 Å². The first-order chi connectivity index (χ1) is 4.39. The molecule has 0 aromatic heterocycles. The van der Waals surface area contributed by atoms with Gasteiger partial charge in [0.2, 0.25) is 0 Å². The maximum atomic E-state index is 6.50. The quantitative estimate of drug-likeness (QED) is 0.496. The van der Waals surface area contributed by atoms with Crippen LogP contribution in [0.3, 0.4) is 0 Å². The molecule has 0 aromatic rings. The van der Waals surface area contributed by atoms with Gasteiger partial charge in [-0.1, -0.05) is 0 Å². The summed E-state index contributed by atoms with van der Waals surface area (Å²) >= 11 is 0. The Morgan fingerprint density at radius 1 is 1.44 bits per heavy atom. The van der Waals surface area contributed by atoms with Crippen LogP contribution in [0, 0.1) is 11.8 Å². The van der Waals surface area contributed by atoms with E-state index in [4.69, 9.17) is 10.00 Å². The third-order valence-corrected chi connectivity index (χ3v) is 1.41. The highest BCUT2D eigenvalue weighted by atomic mass is 16.5. The van der Waals surface area contributed by atoms with Gasteiger partial charge in [0.25, 0.3) is 0 Å². The van der Waals surface area contributed by atoms with Gasteiger partial charge in [-0.3, -0.25) is 0 Å². The fourth-order valence-electron chi connectivity index (χ4n) is 0.902. The Morgan fingerprint density at radius 3 is 2.33 bits per heavy atom. The monoisotopic (exact) mass is 127 g/mol.